The Labute approximate surface area is 178 Å². The molecule has 9 nitrogen and oxygen atoms in total. The summed E-state index contributed by atoms with van der Waals surface area (Å²) in [5.41, 5.74) is 0.941. The molecule has 162 valence electrons. The van der Waals surface area contributed by atoms with E-state index in [9.17, 15) is 19.2 Å². The Morgan fingerprint density at radius 2 is 1.77 bits per heavy atom. The third-order valence-corrected chi connectivity index (χ3v) is 4.62. The summed E-state index contributed by atoms with van der Waals surface area (Å²) in [6.45, 7) is 0.135. The first-order valence-electron chi connectivity index (χ1n) is 9.54. The van der Waals surface area contributed by atoms with E-state index >= 15 is 0 Å². The van der Waals surface area contributed by atoms with Crippen molar-refractivity contribution in [2.24, 2.45) is 0 Å². The number of imide groups is 1. The van der Waals surface area contributed by atoms with Crippen molar-refractivity contribution in [3.63, 3.8) is 0 Å². The number of fused-ring (bicyclic) bond motifs is 1. The molecule has 2 aromatic carbocycles. The molecule has 0 unspecified atom stereocenters. The van der Waals surface area contributed by atoms with Gasteiger partial charge in [-0.1, -0.05) is 6.07 Å². The van der Waals surface area contributed by atoms with E-state index in [-0.39, 0.29) is 23.2 Å². The van der Waals surface area contributed by atoms with Crippen LogP contribution in [0.5, 0.6) is 5.75 Å². The molecule has 1 aliphatic heterocycles. The second-order valence-electron chi connectivity index (χ2n) is 6.72. The van der Waals surface area contributed by atoms with E-state index < -0.39 is 30.3 Å². The van der Waals surface area contributed by atoms with Gasteiger partial charge in [0.15, 0.2) is 6.61 Å². The van der Waals surface area contributed by atoms with Gasteiger partial charge in [0, 0.05) is 32.0 Å². The summed E-state index contributed by atoms with van der Waals surface area (Å²) >= 11 is 0. The van der Waals surface area contributed by atoms with E-state index in [1.165, 1.54) is 32.4 Å². The molecule has 1 aliphatic rings. The van der Waals surface area contributed by atoms with E-state index in [1.807, 2.05) is 0 Å². The standard InChI is InChI=1S/C22H22N2O7/c1-29-10-4-9-24-20(26)17-8-7-14(11-18(17)21(24)27)22(28)31-13-19(25)23-15-5-3-6-16(12-15)30-2/h3,5-8,11-12H,4,9-10,13H2,1-2H3,(H,23,25). The highest BCUT2D eigenvalue weighted by Gasteiger charge is 2.35. The van der Waals surface area contributed by atoms with Crippen LogP contribution >= 0.6 is 0 Å². The summed E-state index contributed by atoms with van der Waals surface area (Å²) in [5.74, 6) is -1.61. The number of anilines is 1. The Bertz CT molecular complexity index is 1020. The van der Waals surface area contributed by atoms with Gasteiger partial charge in [-0.15, -0.1) is 0 Å². The zero-order chi connectivity index (χ0) is 22.4. The molecule has 0 saturated heterocycles. The van der Waals surface area contributed by atoms with Crippen LogP contribution in [0.1, 0.15) is 37.5 Å². The van der Waals surface area contributed by atoms with Crippen LogP contribution in [0, 0.1) is 0 Å². The van der Waals surface area contributed by atoms with Gasteiger partial charge in [-0.05, 0) is 36.8 Å². The molecule has 0 aliphatic carbocycles. The number of nitrogens with one attached hydrogen (secondary N) is 1. The Morgan fingerprint density at radius 3 is 2.52 bits per heavy atom. The molecule has 0 radical (unpaired) electrons. The Hall–Kier alpha value is -3.72. The number of carbonyl (C=O) groups is 4. The number of hydrogen-bond acceptors (Lipinski definition) is 7. The van der Waals surface area contributed by atoms with Crippen LogP contribution in [0.25, 0.3) is 0 Å². The number of esters is 1. The molecule has 0 saturated carbocycles. The van der Waals surface area contributed by atoms with Gasteiger partial charge in [0.2, 0.25) is 0 Å². The fourth-order valence-electron chi connectivity index (χ4n) is 3.10. The summed E-state index contributed by atoms with van der Waals surface area (Å²) < 4.78 is 15.1. The molecule has 0 aromatic heterocycles. The van der Waals surface area contributed by atoms with Crippen molar-refractivity contribution in [3.05, 3.63) is 59.2 Å². The van der Waals surface area contributed by atoms with Crippen LogP contribution in [0.15, 0.2) is 42.5 Å². The average Bonchev–Trinajstić information content (AvgIpc) is 3.02. The van der Waals surface area contributed by atoms with Crippen molar-refractivity contribution in [1.29, 1.82) is 0 Å². The zero-order valence-electron chi connectivity index (χ0n) is 17.2. The minimum Gasteiger partial charge on any atom is -0.497 e. The largest absolute Gasteiger partial charge is 0.497 e. The van der Waals surface area contributed by atoms with Crippen LogP contribution in [-0.4, -0.2) is 62.6 Å². The molecule has 0 bridgehead atoms. The van der Waals surface area contributed by atoms with Crippen LogP contribution in [0.3, 0.4) is 0 Å². The molecule has 31 heavy (non-hydrogen) atoms. The lowest BCUT2D eigenvalue weighted by molar-refractivity contribution is -0.119. The molecule has 0 fully saturated rings. The van der Waals surface area contributed by atoms with Gasteiger partial charge >= 0.3 is 5.97 Å². The first-order valence-corrected chi connectivity index (χ1v) is 9.54. The topological polar surface area (TPSA) is 111 Å². The van der Waals surface area contributed by atoms with E-state index in [4.69, 9.17) is 14.2 Å². The van der Waals surface area contributed by atoms with E-state index in [0.29, 0.717) is 24.5 Å². The van der Waals surface area contributed by atoms with Crippen molar-refractivity contribution in [2.75, 3.05) is 39.3 Å². The Kier molecular flexibility index (Phi) is 6.99. The highest BCUT2D eigenvalue weighted by molar-refractivity contribution is 6.22. The molecule has 3 rings (SSSR count). The monoisotopic (exact) mass is 426 g/mol. The molecular weight excluding hydrogens is 404 g/mol. The molecule has 0 spiro atoms. The fraction of sp³-hybridized carbons (Fsp3) is 0.273. The highest BCUT2D eigenvalue weighted by Crippen LogP contribution is 2.24. The molecule has 0 atom stereocenters. The van der Waals surface area contributed by atoms with Crippen molar-refractivity contribution < 1.29 is 33.4 Å². The number of nitrogens with zero attached hydrogens (tertiary/aromatic N) is 1. The average molecular weight is 426 g/mol. The van der Waals surface area contributed by atoms with Crippen LogP contribution in [0.2, 0.25) is 0 Å². The minimum atomic E-state index is -0.776. The fourth-order valence-corrected chi connectivity index (χ4v) is 3.10. The predicted molar refractivity (Wildman–Crippen MR) is 110 cm³/mol. The van der Waals surface area contributed by atoms with Gasteiger partial charge in [-0.3, -0.25) is 19.3 Å². The zero-order valence-corrected chi connectivity index (χ0v) is 17.2. The lowest BCUT2D eigenvalue weighted by atomic mass is 10.1. The van der Waals surface area contributed by atoms with Crippen molar-refractivity contribution in [1.82, 2.24) is 4.90 Å². The third-order valence-electron chi connectivity index (χ3n) is 4.62. The second kappa shape index (κ2) is 9.86. The number of methoxy groups -OCH3 is 2. The number of rotatable bonds is 9. The maximum atomic E-state index is 12.5. The molecule has 9 heteroatoms. The molecule has 2 aromatic rings. The third kappa shape index (κ3) is 5.07. The number of carbonyl (C=O) groups excluding carboxylic acids is 4. The maximum Gasteiger partial charge on any atom is 0.338 e. The minimum absolute atomic E-state index is 0.0767. The Morgan fingerprint density at radius 1 is 1.00 bits per heavy atom. The first-order chi connectivity index (χ1) is 14.9. The predicted octanol–water partition coefficient (Wildman–Crippen LogP) is 2.12. The van der Waals surface area contributed by atoms with Crippen LogP contribution < -0.4 is 10.1 Å². The van der Waals surface area contributed by atoms with Crippen LogP contribution in [-0.2, 0) is 14.3 Å². The summed E-state index contributed by atoms with van der Waals surface area (Å²) in [5, 5.41) is 2.60. The number of benzene rings is 2. The molecule has 1 N–H and O–H groups in total. The van der Waals surface area contributed by atoms with E-state index in [2.05, 4.69) is 5.32 Å². The van der Waals surface area contributed by atoms with E-state index in [0.717, 1.165) is 4.90 Å². The van der Waals surface area contributed by atoms with Gasteiger partial charge in [0.05, 0.1) is 23.8 Å². The van der Waals surface area contributed by atoms with Gasteiger partial charge in [-0.25, -0.2) is 4.79 Å². The van der Waals surface area contributed by atoms with Gasteiger partial charge in [0.1, 0.15) is 5.75 Å². The van der Waals surface area contributed by atoms with Crippen molar-refractivity contribution in [3.8, 4) is 5.75 Å². The van der Waals surface area contributed by atoms with E-state index in [1.54, 1.807) is 24.3 Å². The number of amides is 3. The van der Waals surface area contributed by atoms with Gasteiger partial charge < -0.3 is 19.5 Å². The summed E-state index contributed by atoms with van der Waals surface area (Å²) in [6.07, 6.45) is 0.513. The molecular formula is C22H22N2O7. The van der Waals surface area contributed by atoms with Crippen molar-refractivity contribution >= 4 is 29.4 Å². The van der Waals surface area contributed by atoms with Gasteiger partial charge in [-0.2, -0.15) is 0 Å². The quantitative estimate of drug-likeness (QED) is 0.371. The SMILES string of the molecule is COCCCN1C(=O)c2ccc(C(=O)OCC(=O)Nc3cccc(OC)c3)cc2C1=O. The molecule has 1 heterocycles. The normalized spacial score (nSPS) is 12.5. The lowest BCUT2D eigenvalue weighted by Gasteiger charge is -2.12. The lowest BCUT2D eigenvalue weighted by Crippen LogP contribution is -2.31. The number of ether oxygens (including phenoxy) is 3. The maximum absolute atomic E-state index is 12.5. The second-order valence-corrected chi connectivity index (χ2v) is 6.72. The molecule has 3 amide bonds. The van der Waals surface area contributed by atoms with Gasteiger partial charge in [0.25, 0.3) is 17.7 Å². The smallest absolute Gasteiger partial charge is 0.338 e. The van der Waals surface area contributed by atoms with Crippen molar-refractivity contribution in [2.45, 2.75) is 6.42 Å². The summed E-state index contributed by atoms with van der Waals surface area (Å²) in [4.78, 5) is 50.5. The Balaban J connectivity index is 1.60. The van der Waals surface area contributed by atoms with Crippen LogP contribution in [0.4, 0.5) is 5.69 Å². The highest BCUT2D eigenvalue weighted by atomic mass is 16.5. The first kappa shape index (κ1) is 22.0. The number of hydrogen-bond donors (Lipinski definition) is 1. The summed E-state index contributed by atoms with van der Waals surface area (Å²) in [7, 11) is 3.05. The summed E-state index contributed by atoms with van der Waals surface area (Å²) in [6, 6.07) is 10.9.